The molecule has 4 rings (SSSR count). The molecular weight excluding hydrogens is 410 g/mol. The summed E-state index contributed by atoms with van der Waals surface area (Å²) in [6.07, 6.45) is 0. The molecule has 0 saturated carbocycles. The number of aromatic carboxylic acids is 1. The van der Waals surface area contributed by atoms with Gasteiger partial charge in [0.15, 0.2) is 11.2 Å². The Balaban J connectivity index is 1.74. The molecule has 3 N–H and O–H groups in total. The van der Waals surface area contributed by atoms with Crippen molar-refractivity contribution < 1.29 is 9.90 Å². The third-order valence-electron chi connectivity index (χ3n) is 5.47. The summed E-state index contributed by atoms with van der Waals surface area (Å²) in [5.41, 5.74) is 1.17. The van der Waals surface area contributed by atoms with Crippen molar-refractivity contribution in [3.8, 4) is 11.8 Å². The summed E-state index contributed by atoms with van der Waals surface area (Å²) in [6.45, 7) is 5.54. The van der Waals surface area contributed by atoms with Gasteiger partial charge in [0.25, 0.3) is 5.56 Å². The average Bonchev–Trinajstić information content (AvgIpc) is 3.18. The van der Waals surface area contributed by atoms with E-state index in [1.54, 1.807) is 32.2 Å². The monoisotopic (exact) mass is 435 g/mol. The predicted molar refractivity (Wildman–Crippen MR) is 122 cm³/mol. The Bertz CT molecular complexity index is 1280. The number of fused-ring (bicyclic) bond motifs is 1. The number of nitrogens with one attached hydrogen (secondary N) is 2. The van der Waals surface area contributed by atoms with Gasteiger partial charge in [-0.15, -0.1) is 5.92 Å². The van der Waals surface area contributed by atoms with Crippen LogP contribution in [0.4, 0.5) is 11.6 Å². The Labute approximate surface area is 184 Å². The standard InChI is InChI=1S/C22H25N7O3/c1-3-4-11-29-18-19(26-22(29)28-12-9-23-10-13-28)25-17(27(2)20(18)30)14-24-16-8-6-5-7-15(16)21(31)32/h5-8,23-24H,9-14H2,1-2H3,(H,31,32). The zero-order chi connectivity index (χ0) is 22.7. The van der Waals surface area contributed by atoms with Crippen LogP contribution in [0.1, 0.15) is 23.1 Å². The summed E-state index contributed by atoms with van der Waals surface area (Å²) in [7, 11) is 1.65. The minimum absolute atomic E-state index is 0.155. The van der Waals surface area contributed by atoms with Crippen LogP contribution >= 0.6 is 0 Å². The zero-order valence-electron chi connectivity index (χ0n) is 18.1. The highest BCUT2D eigenvalue weighted by Gasteiger charge is 2.23. The third kappa shape index (κ3) is 4.02. The zero-order valence-corrected chi connectivity index (χ0v) is 18.1. The van der Waals surface area contributed by atoms with Gasteiger partial charge in [0, 0.05) is 38.9 Å². The first kappa shape index (κ1) is 21.4. The van der Waals surface area contributed by atoms with Gasteiger partial charge in [-0.2, -0.15) is 4.98 Å². The number of anilines is 2. The van der Waals surface area contributed by atoms with Crippen LogP contribution < -0.4 is 21.1 Å². The molecule has 2 aromatic heterocycles. The number of carbonyl (C=O) groups is 1. The molecule has 3 heterocycles. The number of hydrogen-bond donors (Lipinski definition) is 3. The van der Waals surface area contributed by atoms with Gasteiger partial charge in [0.05, 0.1) is 18.7 Å². The molecule has 0 atom stereocenters. The number of hydrogen-bond acceptors (Lipinski definition) is 7. The number of carboxylic acid groups (broad SMARTS) is 1. The number of rotatable bonds is 6. The number of piperazine rings is 1. The molecule has 10 nitrogen and oxygen atoms in total. The van der Waals surface area contributed by atoms with Crippen LogP contribution in [0.5, 0.6) is 0 Å². The fourth-order valence-electron chi connectivity index (χ4n) is 3.76. The van der Waals surface area contributed by atoms with Crippen molar-refractivity contribution in [2.75, 3.05) is 36.4 Å². The lowest BCUT2D eigenvalue weighted by Gasteiger charge is -2.28. The first-order valence-electron chi connectivity index (χ1n) is 10.4. The van der Waals surface area contributed by atoms with Crippen molar-refractivity contribution in [1.29, 1.82) is 0 Å². The average molecular weight is 435 g/mol. The second-order valence-electron chi connectivity index (χ2n) is 7.43. The Morgan fingerprint density at radius 2 is 2.00 bits per heavy atom. The van der Waals surface area contributed by atoms with Gasteiger partial charge in [-0.25, -0.2) is 9.78 Å². The first-order chi connectivity index (χ1) is 15.5. The highest BCUT2D eigenvalue weighted by molar-refractivity contribution is 5.94. The van der Waals surface area contributed by atoms with Crippen molar-refractivity contribution in [3.63, 3.8) is 0 Å². The molecule has 0 unspecified atom stereocenters. The van der Waals surface area contributed by atoms with Gasteiger partial charge in [-0.1, -0.05) is 18.1 Å². The summed E-state index contributed by atoms with van der Waals surface area (Å²) < 4.78 is 3.31. The van der Waals surface area contributed by atoms with Gasteiger partial charge in [0.2, 0.25) is 5.95 Å². The van der Waals surface area contributed by atoms with Gasteiger partial charge in [0.1, 0.15) is 5.82 Å². The molecule has 0 aliphatic carbocycles. The Hall–Kier alpha value is -3.84. The summed E-state index contributed by atoms with van der Waals surface area (Å²) in [4.78, 5) is 36.2. The largest absolute Gasteiger partial charge is 0.478 e. The van der Waals surface area contributed by atoms with E-state index in [2.05, 4.69) is 32.4 Å². The van der Waals surface area contributed by atoms with E-state index in [1.165, 1.54) is 10.6 Å². The van der Waals surface area contributed by atoms with E-state index in [4.69, 9.17) is 4.98 Å². The van der Waals surface area contributed by atoms with Crippen molar-refractivity contribution in [2.24, 2.45) is 7.05 Å². The third-order valence-corrected chi connectivity index (χ3v) is 5.47. The molecule has 1 saturated heterocycles. The summed E-state index contributed by atoms with van der Waals surface area (Å²) >= 11 is 0. The molecule has 1 aromatic carbocycles. The number of nitrogens with zero attached hydrogens (tertiary/aromatic N) is 5. The lowest BCUT2D eigenvalue weighted by Crippen LogP contribution is -2.44. The number of benzene rings is 1. The molecule has 0 amide bonds. The van der Waals surface area contributed by atoms with E-state index in [1.807, 2.05) is 4.57 Å². The van der Waals surface area contributed by atoms with E-state index in [0.717, 1.165) is 26.2 Å². The molecule has 3 aromatic rings. The minimum Gasteiger partial charge on any atom is -0.478 e. The van der Waals surface area contributed by atoms with Crippen LogP contribution in [0.15, 0.2) is 29.1 Å². The molecule has 1 aliphatic rings. The maximum Gasteiger partial charge on any atom is 0.337 e. The maximum absolute atomic E-state index is 13.3. The van der Waals surface area contributed by atoms with Crippen LogP contribution in [-0.2, 0) is 20.1 Å². The number of imidazole rings is 1. The van der Waals surface area contributed by atoms with E-state index in [-0.39, 0.29) is 17.7 Å². The lowest BCUT2D eigenvalue weighted by atomic mass is 10.2. The lowest BCUT2D eigenvalue weighted by molar-refractivity contribution is 0.0698. The second kappa shape index (κ2) is 9.11. The van der Waals surface area contributed by atoms with E-state index in [9.17, 15) is 14.7 Å². The molecule has 10 heteroatoms. The van der Waals surface area contributed by atoms with E-state index in [0.29, 0.717) is 35.2 Å². The topological polar surface area (TPSA) is 117 Å². The smallest absolute Gasteiger partial charge is 0.337 e. The fourth-order valence-corrected chi connectivity index (χ4v) is 3.76. The van der Waals surface area contributed by atoms with Crippen LogP contribution in [0.2, 0.25) is 0 Å². The molecule has 0 bridgehead atoms. The van der Waals surface area contributed by atoms with Crippen molar-refractivity contribution in [2.45, 2.75) is 20.0 Å². The van der Waals surface area contributed by atoms with Gasteiger partial charge >= 0.3 is 5.97 Å². The first-order valence-corrected chi connectivity index (χ1v) is 10.4. The molecule has 166 valence electrons. The quantitative estimate of drug-likeness (QED) is 0.489. The predicted octanol–water partition coefficient (Wildman–Crippen LogP) is 0.873. The maximum atomic E-state index is 13.3. The molecule has 32 heavy (non-hydrogen) atoms. The molecular formula is C22H25N7O3. The minimum atomic E-state index is -1.03. The van der Waals surface area contributed by atoms with Crippen molar-refractivity contribution >= 4 is 28.8 Å². The molecule has 0 spiro atoms. The number of aromatic nitrogens is 4. The number of para-hydroxylation sites is 1. The Kier molecular flexibility index (Phi) is 6.09. The fraction of sp³-hybridized carbons (Fsp3) is 0.364. The van der Waals surface area contributed by atoms with Gasteiger partial charge in [-0.05, 0) is 19.1 Å². The van der Waals surface area contributed by atoms with Crippen LogP contribution in [0.3, 0.4) is 0 Å². The van der Waals surface area contributed by atoms with Gasteiger partial charge < -0.3 is 20.6 Å². The molecule has 0 radical (unpaired) electrons. The highest BCUT2D eigenvalue weighted by Crippen LogP contribution is 2.21. The normalized spacial score (nSPS) is 13.6. The van der Waals surface area contributed by atoms with Crippen LogP contribution in [0.25, 0.3) is 11.2 Å². The summed E-state index contributed by atoms with van der Waals surface area (Å²) in [6, 6.07) is 6.62. The Morgan fingerprint density at radius 3 is 2.72 bits per heavy atom. The van der Waals surface area contributed by atoms with Crippen molar-refractivity contribution in [3.05, 3.63) is 46.0 Å². The molecule has 1 fully saturated rings. The SMILES string of the molecule is CC#CCn1c(N2CCNCC2)nc2nc(CNc3ccccc3C(=O)O)n(C)c(=O)c21. The van der Waals surface area contributed by atoms with E-state index >= 15 is 0 Å². The highest BCUT2D eigenvalue weighted by atomic mass is 16.4. The van der Waals surface area contributed by atoms with E-state index < -0.39 is 5.97 Å². The van der Waals surface area contributed by atoms with Gasteiger partial charge in [-0.3, -0.25) is 13.9 Å². The van der Waals surface area contributed by atoms with Crippen molar-refractivity contribution in [1.82, 2.24) is 24.4 Å². The van der Waals surface area contributed by atoms with Crippen LogP contribution in [0, 0.1) is 11.8 Å². The Morgan fingerprint density at radius 1 is 1.25 bits per heavy atom. The summed E-state index contributed by atoms with van der Waals surface area (Å²) in [5.74, 6) is 6.04. The van der Waals surface area contributed by atoms with Crippen LogP contribution in [-0.4, -0.2) is 56.4 Å². The summed E-state index contributed by atoms with van der Waals surface area (Å²) in [5, 5.41) is 15.8. The number of carboxylic acids is 1. The molecule has 1 aliphatic heterocycles. The second-order valence-corrected chi connectivity index (χ2v) is 7.43.